The highest BCUT2D eigenvalue weighted by Crippen LogP contribution is 1.97. The fourth-order valence-electron chi connectivity index (χ4n) is 0.733. The van der Waals surface area contributed by atoms with Gasteiger partial charge in [0.2, 0.25) is 0 Å². The molecule has 66 valence electrons. The van der Waals surface area contributed by atoms with Crippen molar-refractivity contribution in [3.63, 3.8) is 0 Å². The normalized spacial score (nSPS) is 12.7. The summed E-state index contributed by atoms with van der Waals surface area (Å²) < 4.78 is 0. The van der Waals surface area contributed by atoms with Crippen LogP contribution in [0.4, 0.5) is 0 Å². The molecular weight excluding hydrogens is 136 g/mol. The minimum Gasteiger partial charge on any atom is -0.329 e. The smallest absolute Gasteiger partial charge is 0.0247 e. The van der Waals surface area contributed by atoms with Crippen molar-refractivity contribution in [2.75, 3.05) is 13.1 Å². The van der Waals surface area contributed by atoms with E-state index in [-0.39, 0.29) is 5.54 Å². The molecule has 0 aromatic heterocycles. The van der Waals surface area contributed by atoms with Gasteiger partial charge in [0.15, 0.2) is 0 Å². The highest BCUT2D eigenvalue weighted by Gasteiger charge is 2.12. The first-order valence-electron chi connectivity index (χ1n) is 4.18. The average Bonchev–Trinajstić information content (AvgIpc) is 1.99. The Morgan fingerprint density at radius 2 is 2.09 bits per heavy atom. The molecule has 0 unspecified atom stereocenters. The van der Waals surface area contributed by atoms with Crippen LogP contribution in [0.2, 0.25) is 0 Å². The summed E-state index contributed by atoms with van der Waals surface area (Å²) >= 11 is 0. The van der Waals surface area contributed by atoms with Crippen molar-refractivity contribution in [1.82, 2.24) is 5.32 Å². The molecule has 0 aliphatic carbocycles. The SMILES string of the molecule is C/C=C/CCNC(C)(C)CN. The zero-order valence-electron chi connectivity index (χ0n) is 7.85. The molecule has 0 atom stereocenters. The summed E-state index contributed by atoms with van der Waals surface area (Å²) in [5, 5.41) is 3.37. The van der Waals surface area contributed by atoms with Crippen LogP contribution >= 0.6 is 0 Å². The van der Waals surface area contributed by atoms with E-state index in [1.54, 1.807) is 0 Å². The van der Waals surface area contributed by atoms with Crippen LogP contribution in [0.1, 0.15) is 27.2 Å². The van der Waals surface area contributed by atoms with Crippen LogP contribution in [0.25, 0.3) is 0 Å². The van der Waals surface area contributed by atoms with E-state index in [1.807, 2.05) is 6.92 Å². The predicted octanol–water partition coefficient (Wildman–Crippen LogP) is 1.28. The molecule has 0 aromatic rings. The minimum atomic E-state index is 0.0849. The van der Waals surface area contributed by atoms with Crippen LogP contribution in [0.15, 0.2) is 12.2 Å². The summed E-state index contributed by atoms with van der Waals surface area (Å²) in [6.45, 7) is 7.96. The zero-order chi connectivity index (χ0) is 8.74. The maximum Gasteiger partial charge on any atom is 0.0247 e. The Morgan fingerprint density at radius 3 is 2.55 bits per heavy atom. The highest BCUT2D eigenvalue weighted by atomic mass is 15.0. The number of nitrogens with one attached hydrogen (secondary N) is 1. The van der Waals surface area contributed by atoms with Gasteiger partial charge >= 0.3 is 0 Å². The first kappa shape index (κ1) is 10.7. The molecule has 0 spiro atoms. The van der Waals surface area contributed by atoms with Crippen molar-refractivity contribution >= 4 is 0 Å². The third-order valence-corrected chi connectivity index (χ3v) is 1.66. The Kier molecular flexibility index (Phi) is 5.16. The van der Waals surface area contributed by atoms with Crippen LogP contribution in [-0.2, 0) is 0 Å². The zero-order valence-corrected chi connectivity index (χ0v) is 7.85. The highest BCUT2D eigenvalue weighted by molar-refractivity contribution is 4.82. The van der Waals surface area contributed by atoms with Crippen LogP contribution in [-0.4, -0.2) is 18.6 Å². The third-order valence-electron chi connectivity index (χ3n) is 1.66. The van der Waals surface area contributed by atoms with Crippen LogP contribution in [0.3, 0.4) is 0 Å². The van der Waals surface area contributed by atoms with Crippen molar-refractivity contribution in [3.05, 3.63) is 12.2 Å². The van der Waals surface area contributed by atoms with E-state index in [0.717, 1.165) is 13.0 Å². The molecule has 2 heteroatoms. The molecule has 0 heterocycles. The molecule has 2 nitrogen and oxygen atoms in total. The van der Waals surface area contributed by atoms with E-state index in [9.17, 15) is 0 Å². The van der Waals surface area contributed by atoms with Gasteiger partial charge in [-0.3, -0.25) is 0 Å². The van der Waals surface area contributed by atoms with Crippen LogP contribution in [0.5, 0.6) is 0 Å². The number of hydrogen-bond acceptors (Lipinski definition) is 2. The first-order chi connectivity index (χ1) is 5.12. The lowest BCUT2D eigenvalue weighted by Gasteiger charge is -2.23. The van der Waals surface area contributed by atoms with Gasteiger partial charge in [0.25, 0.3) is 0 Å². The number of hydrogen-bond donors (Lipinski definition) is 2. The van der Waals surface area contributed by atoms with Gasteiger partial charge in [-0.2, -0.15) is 0 Å². The van der Waals surface area contributed by atoms with Crippen LogP contribution < -0.4 is 11.1 Å². The lowest BCUT2D eigenvalue weighted by atomic mass is 10.1. The van der Waals surface area contributed by atoms with Gasteiger partial charge in [0.1, 0.15) is 0 Å². The van der Waals surface area contributed by atoms with E-state index in [2.05, 4.69) is 31.3 Å². The van der Waals surface area contributed by atoms with Gasteiger partial charge in [-0.05, 0) is 33.7 Å². The summed E-state index contributed by atoms with van der Waals surface area (Å²) in [5.74, 6) is 0. The molecule has 0 saturated heterocycles. The van der Waals surface area contributed by atoms with E-state index in [1.165, 1.54) is 0 Å². The Labute approximate surface area is 69.9 Å². The van der Waals surface area contributed by atoms with E-state index >= 15 is 0 Å². The number of allylic oxidation sites excluding steroid dienone is 1. The van der Waals surface area contributed by atoms with Gasteiger partial charge in [0.05, 0.1) is 0 Å². The molecule has 0 bridgehead atoms. The molecule has 0 aromatic carbocycles. The summed E-state index contributed by atoms with van der Waals surface area (Å²) in [4.78, 5) is 0. The van der Waals surface area contributed by atoms with Crippen molar-refractivity contribution < 1.29 is 0 Å². The van der Waals surface area contributed by atoms with E-state index in [0.29, 0.717) is 6.54 Å². The monoisotopic (exact) mass is 156 g/mol. The Hall–Kier alpha value is -0.340. The Balaban J connectivity index is 3.37. The van der Waals surface area contributed by atoms with Gasteiger partial charge in [-0.15, -0.1) is 0 Å². The van der Waals surface area contributed by atoms with E-state index in [4.69, 9.17) is 5.73 Å². The van der Waals surface area contributed by atoms with Gasteiger partial charge < -0.3 is 11.1 Å². The predicted molar refractivity (Wildman–Crippen MR) is 50.6 cm³/mol. The number of nitrogens with two attached hydrogens (primary N) is 1. The number of rotatable bonds is 5. The lowest BCUT2D eigenvalue weighted by Crippen LogP contribution is -2.46. The fourth-order valence-corrected chi connectivity index (χ4v) is 0.733. The summed E-state index contributed by atoms with van der Waals surface area (Å²) in [7, 11) is 0. The Bertz CT molecular complexity index is 117. The molecule has 0 saturated carbocycles. The lowest BCUT2D eigenvalue weighted by molar-refractivity contribution is 0.403. The fraction of sp³-hybridized carbons (Fsp3) is 0.778. The maximum atomic E-state index is 5.54. The standard InChI is InChI=1S/C9H20N2/c1-4-5-6-7-11-9(2,3)8-10/h4-5,11H,6-8,10H2,1-3H3/b5-4+. The molecule has 0 aliphatic heterocycles. The summed E-state index contributed by atoms with van der Waals surface area (Å²) in [5.41, 5.74) is 5.63. The van der Waals surface area contributed by atoms with Crippen molar-refractivity contribution in [1.29, 1.82) is 0 Å². The molecule has 3 N–H and O–H groups in total. The molecule has 0 rings (SSSR count). The maximum absolute atomic E-state index is 5.54. The van der Waals surface area contributed by atoms with Crippen molar-refractivity contribution in [3.8, 4) is 0 Å². The van der Waals surface area contributed by atoms with Gasteiger partial charge in [0, 0.05) is 12.1 Å². The molecule has 0 aliphatic rings. The summed E-state index contributed by atoms with van der Waals surface area (Å²) in [6.07, 6.45) is 5.30. The summed E-state index contributed by atoms with van der Waals surface area (Å²) in [6, 6.07) is 0. The second kappa shape index (κ2) is 5.33. The largest absolute Gasteiger partial charge is 0.329 e. The molecule has 0 fully saturated rings. The second-order valence-corrected chi connectivity index (χ2v) is 3.37. The quantitative estimate of drug-likeness (QED) is 0.465. The minimum absolute atomic E-state index is 0.0849. The van der Waals surface area contributed by atoms with Crippen molar-refractivity contribution in [2.45, 2.75) is 32.7 Å². The molecular formula is C9H20N2. The van der Waals surface area contributed by atoms with Crippen LogP contribution in [0, 0.1) is 0 Å². The third kappa shape index (κ3) is 6.07. The average molecular weight is 156 g/mol. The van der Waals surface area contributed by atoms with E-state index < -0.39 is 0 Å². The topological polar surface area (TPSA) is 38.0 Å². The Morgan fingerprint density at radius 1 is 1.45 bits per heavy atom. The van der Waals surface area contributed by atoms with Gasteiger partial charge in [-0.25, -0.2) is 0 Å². The first-order valence-corrected chi connectivity index (χ1v) is 4.18. The molecule has 11 heavy (non-hydrogen) atoms. The van der Waals surface area contributed by atoms with Crippen molar-refractivity contribution in [2.24, 2.45) is 5.73 Å². The molecule has 0 amide bonds. The van der Waals surface area contributed by atoms with Gasteiger partial charge in [-0.1, -0.05) is 12.2 Å². The second-order valence-electron chi connectivity index (χ2n) is 3.37. The molecule has 0 radical (unpaired) electrons.